The van der Waals surface area contributed by atoms with Crippen molar-refractivity contribution in [1.29, 1.82) is 0 Å². The smallest absolute Gasteiger partial charge is 0.246 e. The zero-order valence-electron chi connectivity index (χ0n) is 13.8. The number of carbonyl (C=O) groups is 1. The molecular formula is C16H27IN4OS. The van der Waals surface area contributed by atoms with E-state index >= 15 is 0 Å². The summed E-state index contributed by atoms with van der Waals surface area (Å²) in [5.41, 5.74) is 0.790. The monoisotopic (exact) mass is 450 g/mol. The lowest BCUT2D eigenvalue weighted by Crippen LogP contribution is -2.38. The van der Waals surface area contributed by atoms with Gasteiger partial charge in [-0.05, 0) is 43.9 Å². The van der Waals surface area contributed by atoms with Gasteiger partial charge in [0.05, 0.1) is 0 Å². The number of aliphatic imine (C=N–C) groups is 1. The van der Waals surface area contributed by atoms with Gasteiger partial charge in [-0.15, -0.1) is 24.0 Å². The van der Waals surface area contributed by atoms with Crippen LogP contribution < -0.4 is 16.0 Å². The Hall–Kier alpha value is -0.960. The number of halogens is 1. The van der Waals surface area contributed by atoms with Crippen LogP contribution in [0.2, 0.25) is 0 Å². The Bertz CT molecular complexity index is 457. The van der Waals surface area contributed by atoms with Gasteiger partial charge in [-0.1, -0.05) is 18.2 Å². The van der Waals surface area contributed by atoms with Crippen molar-refractivity contribution in [3.05, 3.63) is 30.3 Å². The molecule has 0 radical (unpaired) electrons. The van der Waals surface area contributed by atoms with E-state index in [1.54, 1.807) is 0 Å². The van der Waals surface area contributed by atoms with Crippen molar-refractivity contribution in [2.75, 3.05) is 37.0 Å². The van der Waals surface area contributed by atoms with Crippen LogP contribution in [0.3, 0.4) is 0 Å². The lowest BCUT2D eigenvalue weighted by Gasteiger charge is -2.11. The molecule has 0 aromatic heterocycles. The number of guanidine groups is 1. The second kappa shape index (κ2) is 14.6. The Morgan fingerprint density at radius 1 is 1.17 bits per heavy atom. The fourth-order valence-electron chi connectivity index (χ4n) is 1.79. The van der Waals surface area contributed by atoms with Crippen molar-refractivity contribution in [2.45, 2.75) is 19.8 Å². The molecule has 130 valence electrons. The highest BCUT2D eigenvalue weighted by atomic mass is 127. The molecule has 1 aromatic carbocycles. The molecule has 0 heterocycles. The van der Waals surface area contributed by atoms with Crippen LogP contribution in [0, 0.1) is 0 Å². The quantitative estimate of drug-likeness (QED) is 0.234. The molecule has 5 nitrogen and oxygen atoms in total. The van der Waals surface area contributed by atoms with E-state index in [-0.39, 0.29) is 36.4 Å². The summed E-state index contributed by atoms with van der Waals surface area (Å²) in [5.74, 6) is 1.75. The molecule has 0 unspecified atom stereocenters. The van der Waals surface area contributed by atoms with Crippen LogP contribution in [0.25, 0.3) is 0 Å². The van der Waals surface area contributed by atoms with Gasteiger partial charge in [0.2, 0.25) is 5.91 Å². The van der Waals surface area contributed by atoms with E-state index in [9.17, 15) is 4.79 Å². The highest BCUT2D eigenvalue weighted by molar-refractivity contribution is 14.0. The van der Waals surface area contributed by atoms with Gasteiger partial charge in [0.15, 0.2) is 5.96 Å². The number of thioether (sulfide) groups is 1. The minimum absolute atomic E-state index is 0. The van der Waals surface area contributed by atoms with E-state index in [0.29, 0.717) is 5.96 Å². The zero-order valence-corrected chi connectivity index (χ0v) is 16.9. The van der Waals surface area contributed by atoms with Crippen molar-refractivity contribution in [3.8, 4) is 0 Å². The number of amides is 1. The zero-order chi connectivity index (χ0) is 16.0. The molecule has 0 atom stereocenters. The maximum Gasteiger partial charge on any atom is 0.246 e. The van der Waals surface area contributed by atoms with Gasteiger partial charge in [0.25, 0.3) is 0 Å². The summed E-state index contributed by atoms with van der Waals surface area (Å²) in [5, 5.41) is 9.21. The molecule has 1 rings (SSSR count). The summed E-state index contributed by atoms with van der Waals surface area (Å²) in [4.78, 5) is 16.2. The number of nitrogens with zero attached hydrogens (tertiary/aromatic N) is 1. The van der Waals surface area contributed by atoms with Gasteiger partial charge >= 0.3 is 0 Å². The predicted molar refractivity (Wildman–Crippen MR) is 112 cm³/mol. The molecule has 0 saturated carbocycles. The van der Waals surface area contributed by atoms with E-state index in [1.807, 2.05) is 49.0 Å². The molecule has 0 aliphatic rings. The largest absolute Gasteiger partial charge is 0.357 e. The van der Waals surface area contributed by atoms with E-state index in [1.165, 1.54) is 12.2 Å². The van der Waals surface area contributed by atoms with Crippen LogP contribution in [-0.2, 0) is 4.79 Å². The van der Waals surface area contributed by atoms with Crippen molar-refractivity contribution >= 4 is 53.3 Å². The molecule has 0 bridgehead atoms. The number of anilines is 1. The lowest BCUT2D eigenvalue weighted by atomic mass is 10.3. The Morgan fingerprint density at radius 2 is 1.91 bits per heavy atom. The lowest BCUT2D eigenvalue weighted by molar-refractivity contribution is -0.114. The minimum Gasteiger partial charge on any atom is -0.357 e. The second-order valence-electron chi connectivity index (χ2n) is 4.74. The number of nitrogens with one attached hydrogen (secondary N) is 3. The maximum atomic E-state index is 11.9. The van der Waals surface area contributed by atoms with Crippen LogP contribution in [0.15, 0.2) is 35.3 Å². The van der Waals surface area contributed by atoms with Gasteiger partial charge in [0.1, 0.15) is 6.54 Å². The van der Waals surface area contributed by atoms with Crippen LogP contribution >= 0.6 is 35.7 Å². The Kier molecular flexibility index (Phi) is 14.0. The van der Waals surface area contributed by atoms with Crippen LogP contribution in [-0.4, -0.2) is 43.5 Å². The summed E-state index contributed by atoms with van der Waals surface area (Å²) < 4.78 is 0. The van der Waals surface area contributed by atoms with Gasteiger partial charge < -0.3 is 16.0 Å². The molecule has 7 heteroatoms. The van der Waals surface area contributed by atoms with Gasteiger partial charge in [0, 0.05) is 18.8 Å². The molecule has 23 heavy (non-hydrogen) atoms. The summed E-state index contributed by atoms with van der Waals surface area (Å²) in [7, 11) is 0. The van der Waals surface area contributed by atoms with E-state index in [0.717, 1.165) is 25.2 Å². The van der Waals surface area contributed by atoms with E-state index < -0.39 is 0 Å². The standard InChI is InChI=1S/C16H26N4OS.HI/c1-3-17-16(18-11-7-8-12-22-2)19-13-15(21)20-14-9-5-4-6-10-14;/h4-6,9-10H,3,7-8,11-13H2,1-2H3,(H,20,21)(H2,17,18,19);1H. The third-order valence-corrected chi connectivity index (χ3v) is 3.55. The highest BCUT2D eigenvalue weighted by Gasteiger charge is 2.02. The normalized spacial score (nSPS) is 10.6. The van der Waals surface area contributed by atoms with Crippen LogP contribution in [0.5, 0.6) is 0 Å². The third kappa shape index (κ3) is 11.2. The Balaban J connectivity index is 0.00000484. The maximum absolute atomic E-state index is 11.9. The predicted octanol–water partition coefficient (Wildman–Crippen LogP) is 2.94. The van der Waals surface area contributed by atoms with Crippen molar-refractivity contribution in [3.63, 3.8) is 0 Å². The molecule has 1 aromatic rings. The molecule has 0 fully saturated rings. The first-order valence-electron chi connectivity index (χ1n) is 7.62. The first-order chi connectivity index (χ1) is 10.8. The molecular weight excluding hydrogens is 423 g/mol. The van der Waals surface area contributed by atoms with Gasteiger partial charge in [-0.25, -0.2) is 4.99 Å². The molecule has 1 amide bonds. The summed E-state index contributed by atoms with van der Waals surface area (Å²) >= 11 is 1.86. The van der Waals surface area contributed by atoms with Crippen molar-refractivity contribution < 1.29 is 4.79 Å². The first-order valence-corrected chi connectivity index (χ1v) is 9.01. The minimum atomic E-state index is -0.120. The van der Waals surface area contributed by atoms with Crippen molar-refractivity contribution in [2.24, 2.45) is 4.99 Å². The molecule has 0 saturated heterocycles. The second-order valence-corrected chi connectivity index (χ2v) is 5.72. The number of benzene rings is 1. The summed E-state index contributed by atoms with van der Waals surface area (Å²) in [6, 6.07) is 9.41. The topological polar surface area (TPSA) is 65.5 Å². The number of hydrogen-bond acceptors (Lipinski definition) is 3. The average Bonchev–Trinajstić information content (AvgIpc) is 2.53. The Labute approximate surface area is 160 Å². The van der Waals surface area contributed by atoms with Crippen molar-refractivity contribution in [1.82, 2.24) is 10.6 Å². The number of para-hydroxylation sites is 1. The van der Waals surface area contributed by atoms with Crippen LogP contribution in [0.1, 0.15) is 19.8 Å². The fraction of sp³-hybridized carbons (Fsp3) is 0.500. The van der Waals surface area contributed by atoms with E-state index in [2.05, 4.69) is 27.2 Å². The SMILES string of the molecule is CCNC(=NCC(=O)Nc1ccccc1)NCCCCSC.I. The molecule has 0 aliphatic heterocycles. The van der Waals surface area contributed by atoms with Crippen LogP contribution in [0.4, 0.5) is 5.69 Å². The molecule has 3 N–H and O–H groups in total. The molecule has 0 spiro atoms. The third-order valence-electron chi connectivity index (χ3n) is 2.85. The first kappa shape index (κ1) is 22.0. The Morgan fingerprint density at radius 3 is 2.57 bits per heavy atom. The number of hydrogen-bond donors (Lipinski definition) is 3. The summed E-state index contributed by atoms with van der Waals surface area (Å²) in [6.07, 6.45) is 4.40. The molecule has 0 aliphatic carbocycles. The number of unbranched alkanes of at least 4 members (excludes halogenated alkanes) is 1. The van der Waals surface area contributed by atoms with Gasteiger partial charge in [-0.3, -0.25) is 4.79 Å². The average molecular weight is 450 g/mol. The van der Waals surface area contributed by atoms with E-state index in [4.69, 9.17) is 0 Å². The summed E-state index contributed by atoms with van der Waals surface area (Å²) in [6.45, 7) is 3.76. The number of rotatable bonds is 9. The van der Waals surface area contributed by atoms with Gasteiger partial charge in [-0.2, -0.15) is 11.8 Å². The number of carbonyl (C=O) groups excluding carboxylic acids is 1. The highest BCUT2D eigenvalue weighted by Crippen LogP contribution is 2.04. The fourth-order valence-corrected chi connectivity index (χ4v) is 2.29.